The lowest BCUT2D eigenvalue weighted by molar-refractivity contribution is 0.381. The van der Waals surface area contributed by atoms with Crippen LogP contribution in [0.2, 0.25) is 0 Å². The van der Waals surface area contributed by atoms with Crippen LogP contribution in [0, 0.1) is 0 Å². The van der Waals surface area contributed by atoms with Crippen LogP contribution >= 0.6 is 0 Å². The fraction of sp³-hybridized carbons (Fsp3) is 0.647. The molecule has 1 heteroatoms. The predicted molar refractivity (Wildman–Crippen MR) is 77.1 cm³/mol. The highest BCUT2D eigenvalue weighted by molar-refractivity contribution is 5.48. The van der Waals surface area contributed by atoms with Crippen molar-refractivity contribution in [3.63, 3.8) is 0 Å². The van der Waals surface area contributed by atoms with Crippen molar-refractivity contribution >= 4 is 0 Å². The third-order valence-corrected chi connectivity index (χ3v) is 4.93. The number of nitrogens with one attached hydrogen (secondary N) is 1. The molecule has 2 unspecified atom stereocenters. The van der Waals surface area contributed by atoms with Crippen LogP contribution in [0.15, 0.2) is 18.2 Å². The Labute approximate surface area is 111 Å². The fourth-order valence-electron chi connectivity index (χ4n) is 3.91. The lowest BCUT2D eigenvalue weighted by Gasteiger charge is -2.35. The van der Waals surface area contributed by atoms with Crippen LogP contribution in [0.3, 0.4) is 0 Å². The highest BCUT2D eigenvalue weighted by Crippen LogP contribution is 2.52. The summed E-state index contributed by atoms with van der Waals surface area (Å²) in [6.45, 7) is 8.21. The molecule has 0 saturated heterocycles. The van der Waals surface area contributed by atoms with Gasteiger partial charge in [0.15, 0.2) is 0 Å². The quantitative estimate of drug-likeness (QED) is 0.835. The normalized spacial score (nSPS) is 28.2. The van der Waals surface area contributed by atoms with Gasteiger partial charge in [0.1, 0.15) is 0 Å². The van der Waals surface area contributed by atoms with Crippen molar-refractivity contribution in [2.75, 3.05) is 6.54 Å². The zero-order valence-corrected chi connectivity index (χ0v) is 11.9. The average Bonchev–Trinajstić information content (AvgIpc) is 2.71. The Morgan fingerprint density at radius 1 is 1.33 bits per heavy atom. The van der Waals surface area contributed by atoms with Gasteiger partial charge in [-0.3, -0.25) is 0 Å². The van der Waals surface area contributed by atoms with E-state index in [1.807, 2.05) is 0 Å². The van der Waals surface area contributed by atoms with Crippen molar-refractivity contribution in [3.05, 3.63) is 34.9 Å². The zero-order chi connectivity index (χ0) is 12.8. The van der Waals surface area contributed by atoms with E-state index in [1.54, 1.807) is 16.7 Å². The van der Waals surface area contributed by atoms with Gasteiger partial charge in [-0.25, -0.2) is 0 Å². The Morgan fingerprint density at radius 2 is 2.17 bits per heavy atom. The predicted octanol–water partition coefficient (Wildman–Crippen LogP) is 4.29. The third-order valence-electron chi connectivity index (χ3n) is 4.93. The van der Waals surface area contributed by atoms with Crippen molar-refractivity contribution in [3.8, 4) is 0 Å². The Morgan fingerprint density at radius 3 is 2.94 bits per heavy atom. The van der Waals surface area contributed by atoms with E-state index < -0.39 is 0 Å². The summed E-state index contributed by atoms with van der Waals surface area (Å²) >= 11 is 0. The van der Waals surface area contributed by atoms with Gasteiger partial charge in [0.05, 0.1) is 0 Å². The summed E-state index contributed by atoms with van der Waals surface area (Å²) in [5, 5.41) is 3.73. The molecule has 18 heavy (non-hydrogen) atoms. The first-order valence-corrected chi connectivity index (χ1v) is 7.50. The molecule has 3 rings (SSSR count). The van der Waals surface area contributed by atoms with E-state index in [0.29, 0.717) is 11.5 Å². The monoisotopic (exact) mass is 243 g/mol. The Balaban J connectivity index is 2.00. The molecular weight excluding hydrogens is 218 g/mol. The molecule has 0 bridgehead atoms. The minimum Gasteiger partial charge on any atom is -0.310 e. The number of hydrogen-bond acceptors (Lipinski definition) is 1. The van der Waals surface area contributed by atoms with E-state index in [4.69, 9.17) is 0 Å². The van der Waals surface area contributed by atoms with E-state index in [2.05, 4.69) is 44.3 Å². The van der Waals surface area contributed by atoms with E-state index >= 15 is 0 Å². The van der Waals surface area contributed by atoms with Gasteiger partial charge in [-0.1, -0.05) is 39.0 Å². The molecule has 0 saturated carbocycles. The second-order valence-corrected chi connectivity index (χ2v) is 6.67. The summed E-state index contributed by atoms with van der Waals surface area (Å²) in [4.78, 5) is 0. The van der Waals surface area contributed by atoms with Gasteiger partial charge in [-0.2, -0.15) is 0 Å². The molecule has 0 amide bonds. The SMILES string of the molecule is CCCNC1CC2CCC(C)(C)c3cccc1c32. The van der Waals surface area contributed by atoms with Gasteiger partial charge in [-0.05, 0) is 60.3 Å². The Kier molecular flexibility index (Phi) is 2.97. The number of rotatable bonds is 3. The molecular formula is C17H25N. The van der Waals surface area contributed by atoms with Gasteiger partial charge >= 0.3 is 0 Å². The van der Waals surface area contributed by atoms with Crippen molar-refractivity contribution in [2.45, 2.75) is 63.8 Å². The van der Waals surface area contributed by atoms with Crippen LogP contribution in [0.4, 0.5) is 0 Å². The highest BCUT2D eigenvalue weighted by atomic mass is 14.9. The van der Waals surface area contributed by atoms with Crippen LogP contribution in [-0.4, -0.2) is 6.54 Å². The summed E-state index contributed by atoms with van der Waals surface area (Å²) in [6.07, 6.45) is 5.26. The molecule has 98 valence electrons. The number of hydrogen-bond donors (Lipinski definition) is 1. The van der Waals surface area contributed by atoms with Gasteiger partial charge in [-0.15, -0.1) is 0 Å². The summed E-state index contributed by atoms with van der Waals surface area (Å²) in [7, 11) is 0. The molecule has 0 aliphatic heterocycles. The molecule has 2 aliphatic rings. The molecule has 0 heterocycles. The fourth-order valence-corrected chi connectivity index (χ4v) is 3.91. The first-order valence-electron chi connectivity index (χ1n) is 7.50. The first kappa shape index (κ1) is 12.2. The van der Waals surface area contributed by atoms with Crippen LogP contribution in [-0.2, 0) is 5.41 Å². The Bertz CT molecular complexity index is 447. The van der Waals surface area contributed by atoms with Gasteiger partial charge in [0, 0.05) is 6.04 Å². The highest BCUT2D eigenvalue weighted by Gasteiger charge is 2.40. The summed E-state index contributed by atoms with van der Waals surface area (Å²) in [5.41, 5.74) is 5.29. The maximum absolute atomic E-state index is 3.73. The second-order valence-electron chi connectivity index (χ2n) is 6.67. The van der Waals surface area contributed by atoms with Crippen molar-refractivity contribution < 1.29 is 0 Å². The minimum absolute atomic E-state index is 0.376. The molecule has 1 aromatic rings. The van der Waals surface area contributed by atoms with Gasteiger partial charge in [0.2, 0.25) is 0 Å². The molecule has 0 fully saturated rings. The first-order chi connectivity index (χ1) is 8.63. The molecule has 2 aliphatic carbocycles. The summed E-state index contributed by atoms with van der Waals surface area (Å²) in [5.74, 6) is 0.818. The van der Waals surface area contributed by atoms with E-state index in [9.17, 15) is 0 Å². The molecule has 0 radical (unpaired) electrons. The van der Waals surface area contributed by atoms with Crippen LogP contribution in [0.5, 0.6) is 0 Å². The topological polar surface area (TPSA) is 12.0 Å². The van der Waals surface area contributed by atoms with Crippen molar-refractivity contribution in [2.24, 2.45) is 0 Å². The second kappa shape index (κ2) is 4.38. The molecule has 0 aromatic heterocycles. The maximum Gasteiger partial charge on any atom is 0.0329 e. The average molecular weight is 243 g/mol. The largest absolute Gasteiger partial charge is 0.310 e. The van der Waals surface area contributed by atoms with Crippen LogP contribution < -0.4 is 5.32 Å². The van der Waals surface area contributed by atoms with E-state index in [1.165, 1.54) is 25.7 Å². The number of benzene rings is 1. The van der Waals surface area contributed by atoms with Crippen LogP contribution in [0.1, 0.15) is 75.1 Å². The van der Waals surface area contributed by atoms with E-state index in [0.717, 1.165) is 12.5 Å². The Hall–Kier alpha value is -0.820. The maximum atomic E-state index is 3.73. The molecule has 0 spiro atoms. The third kappa shape index (κ3) is 1.80. The summed E-state index contributed by atoms with van der Waals surface area (Å²) in [6, 6.07) is 7.60. The van der Waals surface area contributed by atoms with Gasteiger partial charge < -0.3 is 5.32 Å². The lowest BCUT2D eigenvalue weighted by Crippen LogP contribution is -2.25. The van der Waals surface area contributed by atoms with Crippen molar-refractivity contribution in [1.29, 1.82) is 0 Å². The molecule has 1 nitrogen and oxygen atoms in total. The lowest BCUT2D eigenvalue weighted by atomic mass is 9.69. The molecule has 1 N–H and O–H groups in total. The van der Waals surface area contributed by atoms with Crippen molar-refractivity contribution in [1.82, 2.24) is 5.32 Å². The molecule has 2 atom stereocenters. The minimum atomic E-state index is 0.376. The molecule has 1 aromatic carbocycles. The summed E-state index contributed by atoms with van der Waals surface area (Å²) < 4.78 is 0. The van der Waals surface area contributed by atoms with Gasteiger partial charge in [0.25, 0.3) is 0 Å². The van der Waals surface area contributed by atoms with E-state index in [-0.39, 0.29) is 0 Å². The zero-order valence-electron chi connectivity index (χ0n) is 11.9. The standard InChI is InChI=1S/C17H25N/c1-4-10-18-15-11-12-8-9-17(2,3)14-7-5-6-13(15)16(12)14/h5-7,12,15,18H,4,8-11H2,1-3H3. The van der Waals surface area contributed by atoms with Crippen LogP contribution in [0.25, 0.3) is 0 Å². The smallest absolute Gasteiger partial charge is 0.0329 e.